The van der Waals surface area contributed by atoms with Gasteiger partial charge in [-0.25, -0.2) is 0 Å². The molecule has 19 heavy (non-hydrogen) atoms. The first kappa shape index (κ1) is 13.5. The molecule has 0 aliphatic rings. The van der Waals surface area contributed by atoms with Crippen molar-refractivity contribution < 1.29 is 4.74 Å². The summed E-state index contributed by atoms with van der Waals surface area (Å²) >= 11 is 0. The highest BCUT2D eigenvalue weighted by Gasteiger charge is 2.27. The van der Waals surface area contributed by atoms with E-state index in [2.05, 4.69) is 49.9 Å². The van der Waals surface area contributed by atoms with E-state index in [1.165, 1.54) is 5.69 Å². The molecule has 2 nitrogen and oxygen atoms in total. The Bertz CT molecular complexity index is 493. The Morgan fingerprint density at radius 1 is 0.895 bits per heavy atom. The molecule has 0 N–H and O–H groups in total. The van der Waals surface area contributed by atoms with Gasteiger partial charge in [0.2, 0.25) is 0 Å². The average molecular weight is 255 g/mol. The number of rotatable bonds is 5. The zero-order chi connectivity index (χ0) is 13.7. The van der Waals surface area contributed by atoms with Crippen LogP contribution in [0, 0.1) is 0 Å². The molecule has 100 valence electrons. The van der Waals surface area contributed by atoms with Gasteiger partial charge in [0, 0.05) is 12.2 Å². The second-order valence-electron chi connectivity index (χ2n) is 4.94. The topological polar surface area (TPSA) is 12.5 Å². The summed E-state index contributed by atoms with van der Waals surface area (Å²) in [5.41, 5.74) is 0.781. The summed E-state index contributed by atoms with van der Waals surface area (Å²) in [6.45, 7) is 7.22. The Morgan fingerprint density at radius 3 is 1.95 bits per heavy atom. The Hall–Kier alpha value is -1.96. The van der Waals surface area contributed by atoms with Crippen LogP contribution in [0.15, 0.2) is 60.7 Å². The maximum absolute atomic E-state index is 6.14. The van der Waals surface area contributed by atoms with E-state index in [1.807, 2.05) is 36.4 Å². The monoisotopic (exact) mass is 255 g/mol. The van der Waals surface area contributed by atoms with Crippen LogP contribution in [0.25, 0.3) is 0 Å². The van der Waals surface area contributed by atoms with E-state index >= 15 is 0 Å². The van der Waals surface area contributed by atoms with Crippen LogP contribution in [0.2, 0.25) is 0 Å². The molecule has 2 heteroatoms. The molecule has 2 aromatic carbocycles. The lowest BCUT2D eigenvalue weighted by Gasteiger charge is -2.39. The van der Waals surface area contributed by atoms with Crippen LogP contribution in [0.1, 0.15) is 20.8 Å². The number of hydrogen-bond acceptors (Lipinski definition) is 2. The maximum atomic E-state index is 6.14. The normalized spacial score (nSPS) is 11.1. The number of benzene rings is 2. The summed E-state index contributed by atoms with van der Waals surface area (Å²) in [6.07, 6.45) is 0. The van der Waals surface area contributed by atoms with Crippen LogP contribution in [0.5, 0.6) is 5.75 Å². The molecule has 0 saturated heterocycles. The van der Waals surface area contributed by atoms with Crippen LogP contribution in [-0.2, 0) is 0 Å². The first-order chi connectivity index (χ1) is 9.13. The van der Waals surface area contributed by atoms with Crippen LogP contribution in [0.4, 0.5) is 5.69 Å². The summed E-state index contributed by atoms with van der Waals surface area (Å²) in [6, 6.07) is 20.3. The van der Waals surface area contributed by atoms with Gasteiger partial charge in [-0.2, -0.15) is 0 Å². The summed E-state index contributed by atoms with van der Waals surface area (Å²) in [7, 11) is 0. The Morgan fingerprint density at radius 2 is 1.42 bits per heavy atom. The SMILES string of the molecule is CCN(c1ccccc1)C(C)(C)Oc1ccccc1. The second kappa shape index (κ2) is 5.79. The highest BCUT2D eigenvalue weighted by atomic mass is 16.5. The zero-order valence-corrected chi connectivity index (χ0v) is 11.8. The van der Waals surface area contributed by atoms with Crippen molar-refractivity contribution in [1.29, 1.82) is 0 Å². The highest BCUT2D eigenvalue weighted by Crippen LogP contribution is 2.26. The van der Waals surface area contributed by atoms with Crippen LogP contribution < -0.4 is 9.64 Å². The first-order valence-corrected chi connectivity index (χ1v) is 6.70. The molecule has 0 fully saturated rings. The predicted molar refractivity (Wildman–Crippen MR) is 80.6 cm³/mol. The minimum atomic E-state index is -0.391. The van der Waals surface area contributed by atoms with Crippen LogP contribution in [-0.4, -0.2) is 12.3 Å². The summed E-state index contributed by atoms with van der Waals surface area (Å²) in [4.78, 5) is 2.25. The van der Waals surface area contributed by atoms with Gasteiger partial charge in [0.1, 0.15) is 5.75 Å². The van der Waals surface area contributed by atoms with E-state index in [0.717, 1.165) is 12.3 Å². The molecule has 0 saturated carbocycles. The minimum absolute atomic E-state index is 0.391. The highest BCUT2D eigenvalue weighted by molar-refractivity contribution is 5.48. The van der Waals surface area contributed by atoms with Crippen molar-refractivity contribution in [2.75, 3.05) is 11.4 Å². The fraction of sp³-hybridized carbons (Fsp3) is 0.294. The van der Waals surface area contributed by atoms with Gasteiger partial charge < -0.3 is 9.64 Å². The van der Waals surface area contributed by atoms with Gasteiger partial charge in [0.05, 0.1) is 0 Å². The van der Waals surface area contributed by atoms with Gasteiger partial charge in [0.25, 0.3) is 0 Å². The number of hydrogen-bond donors (Lipinski definition) is 0. The molecule has 0 heterocycles. The largest absolute Gasteiger partial charge is 0.469 e. The van der Waals surface area contributed by atoms with Crippen LogP contribution in [0.3, 0.4) is 0 Å². The third kappa shape index (κ3) is 3.28. The lowest BCUT2D eigenvalue weighted by atomic mass is 10.2. The summed E-state index contributed by atoms with van der Waals surface area (Å²) in [5.74, 6) is 0.891. The smallest absolute Gasteiger partial charge is 0.177 e. The third-order valence-electron chi connectivity index (χ3n) is 3.14. The molecular formula is C17H21NO. The van der Waals surface area contributed by atoms with Gasteiger partial charge in [-0.3, -0.25) is 0 Å². The summed E-state index contributed by atoms with van der Waals surface area (Å²) in [5, 5.41) is 0. The molecule has 0 aliphatic heterocycles. The van der Waals surface area contributed by atoms with Gasteiger partial charge >= 0.3 is 0 Å². The fourth-order valence-corrected chi connectivity index (χ4v) is 2.31. The van der Waals surface area contributed by atoms with Crippen molar-refractivity contribution >= 4 is 5.69 Å². The van der Waals surface area contributed by atoms with Gasteiger partial charge in [-0.05, 0) is 45.0 Å². The van der Waals surface area contributed by atoms with Crippen LogP contribution >= 0.6 is 0 Å². The van der Waals surface area contributed by atoms with E-state index in [1.54, 1.807) is 0 Å². The molecule has 0 aliphatic carbocycles. The van der Waals surface area contributed by atoms with Crippen molar-refractivity contribution in [2.45, 2.75) is 26.5 Å². The molecular weight excluding hydrogens is 234 g/mol. The summed E-state index contributed by atoms with van der Waals surface area (Å²) < 4.78 is 6.14. The molecule has 0 aromatic heterocycles. The molecule has 0 radical (unpaired) electrons. The van der Waals surface area contributed by atoms with E-state index in [0.29, 0.717) is 0 Å². The van der Waals surface area contributed by atoms with Gasteiger partial charge in [-0.15, -0.1) is 0 Å². The molecule has 2 rings (SSSR count). The molecule has 2 aromatic rings. The van der Waals surface area contributed by atoms with Gasteiger partial charge in [0.15, 0.2) is 5.72 Å². The molecule has 0 unspecified atom stereocenters. The third-order valence-corrected chi connectivity index (χ3v) is 3.14. The lowest BCUT2D eigenvalue weighted by Crippen LogP contribution is -2.48. The Kier molecular flexibility index (Phi) is 4.10. The first-order valence-electron chi connectivity index (χ1n) is 6.70. The minimum Gasteiger partial charge on any atom is -0.469 e. The Labute approximate surface area is 115 Å². The van der Waals surface area contributed by atoms with Crippen molar-refractivity contribution in [3.05, 3.63) is 60.7 Å². The Balaban J connectivity index is 2.21. The number of anilines is 1. The van der Waals surface area contributed by atoms with Crippen molar-refractivity contribution in [3.8, 4) is 5.75 Å². The quantitative estimate of drug-likeness (QED) is 0.737. The number of ether oxygens (including phenoxy) is 1. The molecule has 0 spiro atoms. The van der Waals surface area contributed by atoms with Crippen molar-refractivity contribution in [3.63, 3.8) is 0 Å². The van der Waals surface area contributed by atoms with E-state index in [4.69, 9.17) is 4.74 Å². The molecule has 0 amide bonds. The van der Waals surface area contributed by atoms with Crippen molar-refractivity contribution in [1.82, 2.24) is 0 Å². The standard InChI is InChI=1S/C17H21NO/c1-4-18(15-11-7-5-8-12-15)17(2,3)19-16-13-9-6-10-14-16/h5-14H,4H2,1-3H3. The molecule has 0 bridgehead atoms. The van der Waals surface area contributed by atoms with E-state index in [-0.39, 0.29) is 0 Å². The number of nitrogens with zero attached hydrogens (tertiary/aromatic N) is 1. The van der Waals surface area contributed by atoms with E-state index in [9.17, 15) is 0 Å². The maximum Gasteiger partial charge on any atom is 0.177 e. The second-order valence-corrected chi connectivity index (χ2v) is 4.94. The average Bonchev–Trinajstić information content (AvgIpc) is 2.41. The fourth-order valence-electron chi connectivity index (χ4n) is 2.31. The van der Waals surface area contributed by atoms with E-state index < -0.39 is 5.72 Å². The lowest BCUT2D eigenvalue weighted by molar-refractivity contribution is 0.105. The molecule has 0 atom stereocenters. The predicted octanol–water partition coefficient (Wildman–Crippen LogP) is 4.33. The zero-order valence-electron chi connectivity index (χ0n) is 11.8. The van der Waals surface area contributed by atoms with Gasteiger partial charge in [-0.1, -0.05) is 36.4 Å². The number of para-hydroxylation sites is 2. The van der Waals surface area contributed by atoms with Crippen molar-refractivity contribution in [2.24, 2.45) is 0 Å².